The molecule has 0 spiro atoms. The van der Waals surface area contributed by atoms with E-state index in [4.69, 9.17) is 5.11 Å². The molecule has 0 saturated heterocycles. The lowest BCUT2D eigenvalue weighted by atomic mass is 10.1. The molecule has 0 aliphatic rings. The maximum atomic E-state index is 12.5. The van der Waals surface area contributed by atoms with Gasteiger partial charge in [-0.05, 0) is 17.3 Å². The predicted molar refractivity (Wildman–Crippen MR) is 55.9 cm³/mol. The van der Waals surface area contributed by atoms with Crippen molar-refractivity contribution >= 4 is 5.97 Å². The Bertz CT molecular complexity index is 609. The van der Waals surface area contributed by atoms with E-state index in [-0.39, 0.29) is 11.4 Å². The van der Waals surface area contributed by atoms with Crippen LogP contribution in [0, 0.1) is 0 Å². The second-order valence-electron chi connectivity index (χ2n) is 3.62. The van der Waals surface area contributed by atoms with Crippen LogP contribution in [-0.4, -0.2) is 31.3 Å². The van der Waals surface area contributed by atoms with Crippen LogP contribution in [0.4, 0.5) is 13.2 Å². The van der Waals surface area contributed by atoms with Crippen LogP contribution in [0.5, 0.6) is 0 Å². The van der Waals surface area contributed by atoms with E-state index in [0.29, 0.717) is 0 Å². The molecular formula is C10H7F3N4O2. The summed E-state index contributed by atoms with van der Waals surface area (Å²) < 4.78 is 37.6. The molecule has 1 aromatic heterocycles. The van der Waals surface area contributed by atoms with Gasteiger partial charge in [-0.15, -0.1) is 10.2 Å². The summed E-state index contributed by atoms with van der Waals surface area (Å²) >= 11 is 0. The first-order valence-electron chi connectivity index (χ1n) is 5.03. The largest absolute Gasteiger partial charge is 0.480 e. The number of nitrogens with zero attached hydrogens (tertiary/aromatic N) is 4. The summed E-state index contributed by atoms with van der Waals surface area (Å²) in [6, 6.07) is 4.40. The molecule has 9 heteroatoms. The van der Waals surface area contributed by atoms with Crippen LogP contribution in [0.15, 0.2) is 24.3 Å². The number of halogens is 3. The fourth-order valence-electron chi connectivity index (χ4n) is 1.38. The van der Waals surface area contributed by atoms with Gasteiger partial charge in [0.15, 0.2) is 6.54 Å². The monoisotopic (exact) mass is 272 g/mol. The number of hydrogen-bond acceptors (Lipinski definition) is 4. The summed E-state index contributed by atoms with van der Waals surface area (Å²) in [5, 5.41) is 19.2. The molecule has 1 aromatic carbocycles. The first kappa shape index (κ1) is 13.0. The van der Waals surface area contributed by atoms with E-state index in [1.807, 2.05) is 0 Å². The normalized spacial score (nSPS) is 11.5. The standard InChI is InChI=1S/C10H7F3N4O2/c11-10(12,13)7-3-1-2-6(4-7)9-14-16-17(15-9)5-8(18)19/h1-4H,5H2,(H,18,19). The molecule has 0 atom stereocenters. The average Bonchev–Trinajstić information content (AvgIpc) is 2.76. The lowest BCUT2D eigenvalue weighted by Gasteiger charge is -2.06. The summed E-state index contributed by atoms with van der Waals surface area (Å²) in [5.41, 5.74) is -0.717. The number of aromatic nitrogens is 4. The first-order chi connectivity index (χ1) is 8.86. The van der Waals surface area contributed by atoms with Gasteiger partial charge in [0.1, 0.15) is 0 Å². The Labute approximate surface area is 104 Å². The van der Waals surface area contributed by atoms with Crippen LogP contribution in [-0.2, 0) is 17.5 Å². The van der Waals surface area contributed by atoms with E-state index in [9.17, 15) is 18.0 Å². The highest BCUT2D eigenvalue weighted by Gasteiger charge is 2.30. The van der Waals surface area contributed by atoms with Gasteiger partial charge in [-0.25, -0.2) is 0 Å². The van der Waals surface area contributed by atoms with Crippen molar-refractivity contribution in [2.75, 3.05) is 0 Å². The van der Waals surface area contributed by atoms with Crippen molar-refractivity contribution < 1.29 is 23.1 Å². The van der Waals surface area contributed by atoms with Crippen molar-refractivity contribution in [3.8, 4) is 11.4 Å². The lowest BCUT2D eigenvalue weighted by molar-refractivity contribution is -0.138. The van der Waals surface area contributed by atoms with Crippen LogP contribution < -0.4 is 0 Å². The Kier molecular flexibility index (Phi) is 3.19. The molecule has 0 saturated carbocycles. The van der Waals surface area contributed by atoms with Crippen LogP contribution in [0.25, 0.3) is 11.4 Å². The van der Waals surface area contributed by atoms with Gasteiger partial charge in [-0.3, -0.25) is 4.79 Å². The van der Waals surface area contributed by atoms with E-state index in [1.165, 1.54) is 12.1 Å². The molecule has 1 N–H and O–H groups in total. The van der Waals surface area contributed by atoms with Crippen molar-refractivity contribution in [2.24, 2.45) is 0 Å². The fourth-order valence-corrected chi connectivity index (χ4v) is 1.38. The third-order valence-electron chi connectivity index (χ3n) is 2.18. The molecule has 6 nitrogen and oxygen atoms in total. The van der Waals surface area contributed by atoms with Gasteiger partial charge in [0, 0.05) is 5.56 Å². The Balaban J connectivity index is 2.32. The van der Waals surface area contributed by atoms with Crippen molar-refractivity contribution in [3.63, 3.8) is 0 Å². The van der Waals surface area contributed by atoms with Gasteiger partial charge in [0.2, 0.25) is 5.82 Å². The molecule has 0 unspecified atom stereocenters. The number of rotatable bonds is 3. The van der Waals surface area contributed by atoms with Gasteiger partial charge < -0.3 is 5.11 Å². The summed E-state index contributed by atoms with van der Waals surface area (Å²) in [6.45, 7) is -0.508. The molecule has 100 valence electrons. The minimum Gasteiger partial charge on any atom is -0.480 e. The SMILES string of the molecule is O=C(O)Cn1nnc(-c2cccc(C(F)(F)F)c2)n1. The fraction of sp³-hybridized carbons (Fsp3) is 0.200. The number of hydrogen-bond donors (Lipinski definition) is 1. The van der Waals surface area contributed by atoms with E-state index >= 15 is 0 Å². The minimum absolute atomic E-state index is 0.0626. The van der Waals surface area contributed by atoms with Crippen molar-refractivity contribution in [2.45, 2.75) is 12.7 Å². The lowest BCUT2D eigenvalue weighted by Crippen LogP contribution is -2.11. The molecule has 0 amide bonds. The van der Waals surface area contributed by atoms with E-state index in [2.05, 4.69) is 15.4 Å². The zero-order valence-electron chi connectivity index (χ0n) is 9.29. The Morgan fingerprint density at radius 3 is 2.74 bits per heavy atom. The Hall–Kier alpha value is -2.45. The van der Waals surface area contributed by atoms with Crippen molar-refractivity contribution in [3.05, 3.63) is 29.8 Å². The molecule has 19 heavy (non-hydrogen) atoms. The number of carboxylic acid groups (broad SMARTS) is 1. The second kappa shape index (κ2) is 4.67. The highest BCUT2D eigenvalue weighted by molar-refractivity contribution is 5.66. The molecule has 0 radical (unpaired) electrons. The van der Waals surface area contributed by atoms with E-state index in [0.717, 1.165) is 16.9 Å². The number of alkyl halides is 3. The van der Waals surface area contributed by atoms with Crippen molar-refractivity contribution in [1.82, 2.24) is 20.2 Å². The van der Waals surface area contributed by atoms with Crippen LogP contribution in [0.1, 0.15) is 5.56 Å². The van der Waals surface area contributed by atoms with Crippen LogP contribution >= 0.6 is 0 Å². The zero-order valence-corrected chi connectivity index (χ0v) is 9.29. The minimum atomic E-state index is -4.47. The molecule has 0 bridgehead atoms. The van der Waals surface area contributed by atoms with E-state index in [1.54, 1.807) is 0 Å². The quantitative estimate of drug-likeness (QED) is 0.914. The van der Waals surface area contributed by atoms with Crippen LogP contribution in [0.2, 0.25) is 0 Å². The summed E-state index contributed by atoms with van der Waals surface area (Å²) in [5.74, 6) is -1.24. The van der Waals surface area contributed by atoms with E-state index < -0.39 is 24.3 Å². The molecular weight excluding hydrogens is 265 g/mol. The third-order valence-corrected chi connectivity index (χ3v) is 2.18. The maximum Gasteiger partial charge on any atom is 0.416 e. The predicted octanol–water partition coefficient (Wildman–Crippen LogP) is 1.44. The molecule has 2 rings (SSSR count). The zero-order chi connectivity index (χ0) is 14.0. The number of carboxylic acids is 1. The van der Waals surface area contributed by atoms with Gasteiger partial charge in [-0.1, -0.05) is 12.1 Å². The van der Waals surface area contributed by atoms with Gasteiger partial charge in [0.25, 0.3) is 0 Å². The summed E-state index contributed by atoms with van der Waals surface area (Å²) in [4.78, 5) is 11.2. The second-order valence-corrected chi connectivity index (χ2v) is 3.62. The van der Waals surface area contributed by atoms with Gasteiger partial charge >= 0.3 is 12.1 Å². The Morgan fingerprint density at radius 2 is 2.11 bits per heavy atom. The highest BCUT2D eigenvalue weighted by atomic mass is 19.4. The number of benzene rings is 1. The van der Waals surface area contributed by atoms with Crippen LogP contribution in [0.3, 0.4) is 0 Å². The van der Waals surface area contributed by atoms with Gasteiger partial charge in [0.05, 0.1) is 5.56 Å². The topological polar surface area (TPSA) is 80.9 Å². The highest BCUT2D eigenvalue weighted by Crippen LogP contribution is 2.31. The van der Waals surface area contributed by atoms with Gasteiger partial charge in [-0.2, -0.15) is 18.0 Å². The molecule has 0 aliphatic heterocycles. The van der Waals surface area contributed by atoms with Crippen molar-refractivity contribution in [1.29, 1.82) is 0 Å². The first-order valence-corrected chi connectivity index (χ1v) is 5.03. The Morgan fingerprint density at radius 1 is 1.37 bits per heavy atom. The number of aliphatic carboxylic acids is 1. The molecule has 0 aliphatic carbocycles. The summed E-state index contributed by atoms with van der Waals surface area (Å²) in [7, 11) is 0. The number of carbonyl (C=O) groups is 1. The molecule has 1 heterocycles. The summed E-state index contributed by atoms with van der Waals surface area (Å²) in [6.07, 6.45) is -4.47. The molecule has 0 fully saturated rings. The molecule has 2 aromatic rings. The average molecular weight is 272 g/mol. The third kappa shape index (κ3) is 3.06. The maximum absolute atomic E-state index is 12.5. The smallest absolute Gasteiger partial charge is 0.416 e. The number of tetrazole rings is 1.